The first-order chi connectivity index (χ1) is 13.5. The molecule has 7 heteroatoms. The van der Waals surface area contributed by atoms with Gasteiger partial charge in [0.1, 0.15) is 29.3 Å². The number of carbonyl (C=O) groups is 1. The summed E-state index contributed by atoms with van der Waals surface area (Å²) in [5, 5.41) is 2.87. The van der Waals surface area contributed by atoms with E-state index in [1.165, 1.54) is 6.33 Å². The lowest BCUT2D eigenvalue weighted by Gasteiger charge is -2.07. The molecule has 0 spiro atoms. The number of amides is 1. The lowest BCUT2D eigenvalue weighted by Crippen LogP contribution is -2.14. The number of nitrogen functional groups attached to an aromatic ring is 2. The Hall–Kier alpha value is -4.05. The Kier molecular flexibility index (Phi) is 5.72. The molecule has 0 fully saturated rings. The summed E-state index contributed by atoms with van der Waals surface area (Å²) in [5.74, 6) is 6.87. The fourth-order valence-corrected chi connectivity index (χ4v) is 2.52. The highest BCUT2D eigenvalue weighted by Crippen LogP contribution is 2.16. The number of rotatable bonds is 4. The lowest BCUT2D eigenvalue weighted by atomic mass is 10.1. The van der Waals surface area contributed by atoms with Crippen molar-refractivity contribution in [3.63, 3.8) is 0 Å². The van der Waals surface area contributed by atoms with Crippen molar-refractivity contribution in [1.29, 1.82) is 0 Å². The Morgan fingerprint density at radius 3 is 2.57 bits per heavy atom. The third-order valence-electron chi connectivity index (χ3n) is 3.88. The van der Waals surface area contributed by atoms with E-state index in [-0.39, 0.29) is 24.0 Å². The van der Waals surface area contributed by atoms with E-state index in [1.807, 2.05) is 30.3 Å². The second-order valence-electron chi connectivity index (χ2n) is 5.93. The van der Waals surface area contributed by atoms with Crippen molar-refractivity contribution >= 4 is 23.2 Å². The van der Waals surface area contributed by atoms with E-state index in [1.54, 1.807) is 25.3 Å². The van der Waals surface area contributed by atoms with Crippen LogP contribution in [0.3, 0.4) is 0 Å². The van der Waals surface area contributed by atoms with Crippen LogP contribution in [0.2, 0.25) is 0 Å². The number of hydrogen-bond acceptors (Lipinski definition) is 6. The number of hydrogen-bond donors (Lipinski definition) is 3. The fourth-order valence-electron chi connectivity index (χ4n) is 2.52. The van der Waals surface area contributed by atoms with Crippen LogP contribution in [-0.2, 0) is 11.2 Å². The molecule has 0 unspecified atom stereocenters. The van der Waals surface area contributed by atoms with Gasteiger partial charge in [0.15, 0.2) is 0 Å². The molecular weight excluding hydrogens is 354 g/mol. The minimum Gasteiger partial charge on any atom is -0.497 e. The van der Waals surface area contributed by atoms with Crippen molar-refractivity contribution in [2.45, 2.75) is 6.42 Å². The van der Waals surface area contributed by atoms with Crippen LogP contribution in [-0.4, -0.2) is 23.0 Å². The molecule has 0 atom stereocenters. The Balaban J connectivity index is 1.71. The highest BCUT2D eigenvalue weighted by Gasteiger charge is 2.06. The maximum Gasteiger partial charge on any atom is 0.228 e. The fraction of sp³-hybridized carbons (Fsp3) is 0.0952. The quantitative estimate of drug-likeness (QED) is 0.604. The van der Waals surface area contributed by atoms with Crippen molar-refractivity contribution in [3.05, 3.63) is 71.5 Å². The van der Waals surface area contributed by atoms with Gasteiger partial charge in [-0.2, -0.15) is 0 Å². The van der Waals surface area contributed by atoms with Crippen LogP contribution in [0.4, 0.5) is 17.3 Å². The van der Waals surface area contributed by atoms with Gasteiger partial charge in [0.25, 0.3) is 0 Å². The Bertz CT molecular complexity index is 1050. The summed E-state index contributed by atoms with van der Waals surface area (Å²) in [6, 6.07) is 14.6. The first-order valence-electron chi connectivity index (χ1n) is 8.46. The molecule has 5 N–H and O–H groups in total. The molecule has 1 heterocycles. The van der Waals surface area contributed by atoms with Gasteiger partial charge in [-0.3, -0.25) is 4.79 Å². The van der Waals surface area contributed by atoms with E-state index in [0.717, 1.165) is 5.56 Å². The summed E-state index contributed by atoms with van der Waals surface area (Å²) >= 11 is 0. The molecule has 3 rings (SSSR count). The average Bonchev–Trinajstić information content (AvgIpc) is 2.68. The van der Waals surface area contributed by atoms with Gasteiger partial charge in [0.2, 0.25) is 5.91 Å². The van der Waals surface area contributed by atoms with Gasteiger partial charge in [-0.05, 0) is 35.9 Å². The van der Waals surface area contributed by atoms with E-state index < -0.39 is 0 Å². The van der Waals surface area contributed by atoms with Gasteiger partial charge in [-0.15, -0.1) is 0 Å². The minimum absolute atomic E-state index is 0.136. The molecule has 1 aromatic heterocycles. The molecule has 0 radical (unpaired) electrons. The van der Waals surface area contributed by atoms with Gasteiger partial charge in [0.05, 0.1) is 13.5 Å². The molecule has 1 amide bonds. The Labute approximate surface area is 162 Å². The topological polar surface area (TPSA) is 116 Å². The largest absolute Gasteiger partial charge is 0.497 e. The molecule has 140 valence electrons. The van der Waals surface area contributed by atoms with Crippen LogP contribution in [0.5, 0.6) is 5.75 Å². The van der Waals surface area contributed by atoms with Gasteiger partial charge < -0.3 is 21.5 Å². The molecule has 0 aliphatic rings. The molecule has 0 saturated heterocycles. The predicted molar refractivity (Wildman–Crippen MR) is 109 cm³/mol. The van der Waals surface area contributed by atoms with E-state index in [0.29, 0.717) is 22.6 Å². The molecule has 2 aromatic carbocycles. The van der Waals surface area contributed by atoms with Crippen LogP contribution >= 0.6 is 0 Å². The summed E-state index contributed by atoms with van der Waals surface area (Å²) in [4.78, 5) is 20.1. The molecule has 7 nitrogen and oxygen atoms in total. The van der Waals surface area contributed by atoms with Crippen molar-refractivity contribution in [1.82, 2.24) is 9.97 Å². The minimum atomic E-state index is -0.136. The third-order valence-corrected chi connectivity index (χ3v) is 3.88. The molecule has 0 aliphatic heterocycles. The monoisotopic (exact) mass is 373 g/mol. The number of nitrogens with two attached hydrogens (primary N) is 2. The summed E-state index contributed by atoms with van der Waals surface area (Å²) in [6.07, 6.45) is 1.52. The standard InChI is InChI=1S/C21H19N5O2/c1-28-17-7-3-5-15(11-17)12-19(27)26-16-6-2-4-14(10-16)8-9-18-20(22)24-13-25-21(18)23/h2-7,10-11,13H,12H2,1H3,(H,26,27)(H4,22,23,24,25). The Morgan fingerprint density at radius 1 is 1.07 bits per heavy atom. The number of aromatic nitrogens is 2. The summed E-state index contributed by atoms with van der Waals surface area (Å²) < 4.78 is 5.18. The molecule has 28 heavy (non-hydrogen) atoms. The van der Waals surface area contributed by atoms with Gasteiger partial charge >= 0.3 is 0 Å². The van der Waals surface area contributed by atoms with E-state index in [9.17, 15) is 4.79 Å². The number of ether oxygens (including phenoxy) is 1. The second-order valence-corrected chi connectivity index (χ2v) is 5.93. The molecule has 0 saturated carbocycles. The van der Waals surface area contributed by atoms with Crippen LogP contribution in [0.25, 0.3) is 0 Å². The van der Waals surface area contributed by atoms with Crippen molar-refractivity contribution in [2.24, 2.45) is 0 Å². The van der Waals surface area contributed by atoms with E-state index in [2.05, 4.69) is 27.1 Å². The van der Waals surface area contributed by atoms with Gasteiger partial charge in [-0.1, -0.05) is 30.0 Å². The molecule has 0 bridgehead atoms. The molecule has 3 aromatic rings. The SMILES string of the molecule is COc1cccc(CC(=O)Nc2cccc(C#Cc3c(N)ncnc3N)c2)c1. The van der Waals surface area contributed by atoms with Crippen LogP contribution in [0.15, 0.2) is 54.9 Å². The first kappa shape index (κ1) is 18.7. The van der Waals surface area contributed by atoms with Crippen LogP contribution < -0.4 is 21.5 Å². The highest BCUT2D eigenvalue weighted by atomic mass is 16.5. The zero-order valence-corrected chi connectivity index (χ0v) is 15.3. The second kappa shape index (κ2) is 8.56. The summed E-state index contributed by atoms with van der Waals surface area (Å²) in [5.41, 5.74) is 14.1. The van der Waals surface area contributed by atoms with E-state index in [4.69, 9.17) is 16.2 Å². The van der Waals surface area contributed by atoms with Crippen molar-refractivity contribution in [3.8, 4) is 17.6 Å². The number of anilines is 3. The third kappa shape index (κ3) is 4.77. The smallest absolute Gasteiger partial charge is 0.228 e. The van der Waals surface area contributed by atoms with Crippen LogP contribution in [0.1, 0.15) is 16.7 Å². The molecular formula is C21H19N5O2. The molecule has 0 aliphatic carbocycles. The normalized spacial score (nSPS) is 9.89. The average molecular weight is 373 g/mol. The number of benzene rings is 2. The number of carbonyl (C=O) groups excluding carboxylic acids is 1. The lowest BCUT2D eigenvalue weighted by molar-refractivity contribution is -0.115. The Morgan fingerprint density at radius 2 is 1.82 bits per heavy atom. The summed E-state index contributed by atoms with van der Waals surface area (Å²) in [7, 11) is 1.59. The van der Waals surface area contributed by atoms with Gasteiger partial charge in [0, 0.05) is 11.3 Å². The maximum absolute atomic E-state index is 12.3. The maximum atomic E-state index is 12.3. The van der Waals surface area contributed by atoms with Crippen LogP contribution in [0, 0.1) is 11.8 Å². The van der Waals surface area contributed by atoms with E-state index >= 15 is 0 Å². The zero-order chi connectivity index (χ0) is 19.9. The number of nitrogens with one attached hydrogen (secondary N) is 1. The van der Waals surface area contributed by atoms with Gasteiger partial charge in [-0.25, -0.2) is 9.97 Å². The predicted octanol–water partition coefficient (Wildman–Crippen LogP) is 2.23. The zero-order valence-electron chi connectivity index (χ0n) is 15.3. The number of nitrogens with zero attached hydrogens (tertiary/aromatic N) is 2. The summed E-state index contributed by atoms with van der Waals surface area (Å²) in [6.45, 7) is 0. The van der Waals surface area contributed by atoms with Crippen molar-refractivity contribution in [2.75, 3.05) is 23.9 Å². The van der Waals surface area contributed by atoms with Crippen molar-refractivity contribution < 1.29 is 9.53 Å². The highest BCUT2D eigenvalue weighted by molar-refractivity contribution is 5.92. The number of methoxy groups -OCH3 is 1. The first-order valence-corrected chi connectivity index (χ1v) is 8.46.